The van der Waals surface area contributed by atoms with E-state index in [0.29, 0.717) is 29.3 Å². The average Bonchev–Trinajstić information content (AvgIpc) is 2.58. The minimum Gasteiger partial charge on any atom is -0.447 e. The third kappa shape index (κ3) is 3.59. The Morgan fingerprint density at radius 1 is 1.20 bits per heavy atom. The van der Waals surface area contributed by atoms with Gasteiger partial charge in [0.25, 0.3) is 5.91 Å². The van der Waals surface area contributed by atoms with Gasteiger partial charge in [-0.25, -0.2) is 0 Å². The summed E-state index contributed by atoms with van der Waals surface area (Å²) in [6.07, 6.45) is 0. The monoisotopic (exact) mass is 359 g/mol. The van der Waals surface area contributed by atoms with Gasteiger partial charge < -0.3 is 15.0 Å². The first-order valence-electron chi connectivity index (χ1n) is 7.66. The lowest BCUT2D eigenvalue weighted by atomic mass is 10.1. The van der Waals surface area contributed by atoms with Crippen molar-refractivity contribution in [3.63, 3.8) is 0 Å². The molecular formula is C17H17N3O4S. The van der Waals surface area contributed by atoms with Crippen LogP contribution in [0.2, 0.25) is 0 Å². The largest absolute Gasteiger partial charge is 0.447 e. The molecule has 1 amide bonds. The number of para-hydroxylation sites is 2. The maximum atomic E-state index is 12.5. The van der Waals surface area contributed by atoms with Crippen molar-refractivity contribution < 1.29 is 14.5 Å². The minimum absolute atomic E-state index is 0.113. The summed E-state index contributed by atoms with van der Waals surface area (Å²) in [5, 5.41) is 14.1. The van der Waals surface area contributed by atoms with Crippen molar-refractivity contribution in [1.82, 2.24) is 10.2 Å². The number of rotatable bonds is 5. The van der Waals surface area contributed by atoms with E-state index >= 15 is 0 Å². The number of ether oxygens (including phenoxy) is 1. The fraction of sp³-hybridized carbons (Fsp3) is 0.235. The molecule has 3 rings (SSSR count). The van der Waals surface area contributed by atoms with Gasteiger partial charge in [0, 0.05) is 19.2 Å². The van der Waals surface area contributed by atoms with Crippen molar-refractivity contribution in [3.8, 4) is 11.5 Å². The topological polar surface area (TPSA) is 84.7 Å². The van der Waals surface area contributed by atoms with Crippen LogP contribution in [0, 0.1) is 10.1 Å². The number of likely N-dealkylation sites (N-methyl/N-ethyl adjacent to an activating group) is 1. The number of amides is 1. The van der Waals surface area contributed by atoms with Crippen LogP contribution in [0.4, 0.5) is 5.69 Å². The number of nitrogens with one attached hydrogen (secondary N) is 1. The molecule has 0 saturated heterocycles. The Morgan fingerprint density at radius 3 is 2.56 bits per heavy atom. The number of nitrogens with zero attached hydrogens (tertiary/aromatic N) is 2. The predicted molar refractivity (Wildman–Crippen MR) is 94.6 cm³/mol. The maximum Gasteiger partial charge on any atom is 0.312 e. The van der Waals surface area contributed by atoms with Crippen LogP contribution in [0.3, 0.4) is 0 Å². The molecule has 0 unspecified atom stereocenters. The van der Waals surface area contributed by atoms with E-state index in [1.165, 1.54) is 17.8 Å². The normalized spacial score (nSPS) is 12.1. The number of hydrogen-bond donors (Lipinski definition) is 1. The molecule has 0 spiro atoms. The van der Waals surface area contributed by atoms with Crippen molar-refractivity contribution >= 4 is 23.4 Å². The summed E-state index contributed by atoms with van der Waals surface area (Å²) < 4.78 is 5.82. The molecule has 0 bridgehead atoms. The van der Waals surface area contributed by atoms with Crippen molar-refractivity contribution in [3.05, 3.63) is 52.1 Å². The van der Waals surface area contributed by atoms with E-state index in [4.69, 9.17) is 4.74 Å². The molecule has 130 valence electrons. The van der Waals surface area contributed by atoms with Gasteiger partial charge in [-0.2, -0.15) is 0 Å². The summed E-state index contributed by atoms with van der Waals surface area (Å²) in [4.78, 5) is 26.6. The second kappa shape index (κ2) is 7.12. The van der Waals surface area contributed by atoms with Crippen LogP contribution in [-0.2, 0) is 0 Å². The van der Waals surface area contributed by atoms with Gasteiger partial charge in [0.05, 0.1) is 20.3 Å². The highest BCUT2D eigenvalue weighted by atomic mass is 32.2. The predicted octanol–water partition coefficient (Wildman–Crippen LogP) is 3.14. The average molecular weight is 359 g/mol. The molecule has 1 aliphatic rings. The molecule has 1 N–H and O–H groups in total. The molecule has 8 heteroatoms. The zero-order chi connectivity index (χ0) is 18.0. The number of carbonyl (C=O) groups excluding carboxylic acids is 1. The highest BCUT2D eigenvalue weighted by molar-refractivity contribution is 7.99. The van der Waals surface area contributed by atoms with Crippen LogP contribution >= 0.6 is 11.8 Å². The van der Waals surface area contributed by atoms with Crippen molar-refractivity contribution in [2.24, 2.45) is 0 Å². The molecule has 1 heterocycles. The van der Waals surface area contributed by atoms with E-state index in [1.54, 1.807) is 24.3 Å². The van der Waals surface area contributed by atoms with Crippen LogP contribution in [0.1, 0.15) is 10.4 Å². The maximum absolute atomic E-state index is 12.5. The van der Waals surface area contributed by atoms with Gasteiger partial charge in [0.15, 0.2) is 5.75 Å². The molecule has 7 nitrogen and oxygen atoms in total. The first-order valence-corrected chi connectivity index (χ1v) is 8.48. The Balaban J connectivity index is 1.91. The Kier molecular flexibility index (Phi) is 4.91. The van der Waals surface area contributed by atoms with E-state index in [-0.39, 0.29) is 17.3 Å². The zero-order valence-electron chi connectivity index (χ0n) is 13.8. The molecular weight excluding hydrogens is 342 g/mol. The van der Waals surface area contributed by atoms with Gasteiger partial charge in [-0.3, -0.25) is 14.9 Å². The van der Waals surface area contributed by atoms with Gasteiger partial charge in [-0.1, -0.05) is 23.9 Å². The first-order chi connectivity index (χ1) is 12.0. The smallest absolute Gasteiger partial charge is 0.312 e. The zero-order valence-corrected chi connectivity index (χ0v) is 14.6. The number of carbonyl (C=O) groups is 1. The molecule has 0 saturated carbocycles. The van der Waals surface area contributed by atoms with E-state index in [9.17, 15) is 14.9 Å². The number of benzene rings is 2. The molecule has 0 aromatic heterocycles. The van der Waals surface area contributed by atoms with Gasteiger partial charge >= 0.3 is 5.69 Å². The van der Waals surface area contributed by atoms with Crippen LogP contribution < -0.4 is 10.1 Å². The lowest BCUT2D eigenvalue weighted by Gasteiger charge is -2.21. The Labute approximate surface area is 149 Å². The highest BCUT2D eigenvalue weighted by Crippen LogP contribution is 2.51. The molecule has 1 aliphatic heterocycles. The van der Waals surface area contributed by atoms with Gasteiger partial charge in [0.2, 0.25) is 5.75 Å². The van der Waals surface area contributed by atoms with E-state index in [1.807, 2.05) is 25.1 Å². The first kappa shape index (κ1) is 17.2. The van der Waals surface area contributed by atoms with Crippen LogP contribution in [0.15, 0.2) is 46.2 Å². The Morgan fingerprint density at radius 2 is 1.88 bits per heavy atom. The molecule has 0 aliphatic carbocycles. The summed E-state index contributed by atoms with van der Waals surface area (Å²) in [5.74, 6) is 0.275. The summed E-state index contributed by atoms with van der Waals surface area (Å²) >= 11 is 1.36. The third-order valence-electron chi connectivity index (χ3n) is 3.65. The fourth-order valence-electron chi connectivity index (χ4n) is 2.42. The summed E-state index contributed by atoms with van der Waals surface area (Å²) in [7, 11) is 3.85. The highest BCUT2D eigenvalue weighted by Gasteiger charge is 2.29. The number of nitro benzene ring substituents is 1. The Hall–Kier alpha value is -2.58. The summed E-state index contributed by atoms with van der Waals surface area (Å²) in [6.45, 7) is 1.21. The van der Waals surface area contributed by atoms with Crippen molar-refractivity contribution in [2.45, 2.75) is 9.79 Å². The second-order valence-corrected chi connectivity index (χ2v) is 6.84. The quantitative estimate of drug-likeness (QED) is 0.556. The SMILES string of the molecule is CN(C)CCNC(=O)c1cccc2c1Oc1c(cccc1[N+](=O)[O-])S2. The standard InChI is InChI=1S/C17H17N3O4S/c1-19(2)10-9-18-17(21)11-5-3-7-13-15(11)24-16-12(20(22)23)6-4-8-14(16)25-13/h3-8H,9-10H2,1-2H3,(H,18,21). The molecule has 2 aromatic rings. The number of hydrogen-bond acceptors (Lipinski definition) is 6. The molecule has 2 aromatic carbocycles. The number of fused-ring (bicyclic) bond motifs is 2. The second-order valence-electron chi connectivity index (χ2n) is 5.76. The third-order valence-corrected chi connectivity index (χ3v) is 4.73. The van der Waals surface area contributed by atoms with Crippen LogP contribution in [0.5, 0.6) is 11.5 Å². The van der Waals surface area contributed by atoms with E-state index in [2.05, 4.69) is 5.32 Å². The molecule has 0 atom stereocenters. The Bertz CT molecular complexity index is 839. The molecule has 0 fully saturated rings. The van der Waals surface area contributed by atoms with Crippen LogP contribution in [0.25, 0.3) is 0 Å². The minimum atomic E-state index is -0.482. The molecule has 0 radical (unpaired) electrons. The van der Waals surface area contributed by atoms with Gasteiger partial charge in [-0.05, 0) is 32.3 Å². The van der Waals surface area contributed by atoms with E-state index < -0.39 is 4.92 Å². The van der Waals surface area contributed by atoms with Crippen molar-refractivity contribution in [1.29, 1.82) is 0 Å². The van der Waals surface area contributed by atoms with Gasteiger partial charge in [-0.15, -0.1) is 0 Å². The lowest BCUT2D eigenvalue weighted by molar-refractivity contribution is -0.385. The lowest BCUT2D eigenvalue weighted by Crippen LogP contribution is -2.31. The molecule has 25 heavy (non-hydrogen) atoms. The van der Waals surface area contributed by atoms with Gasteiger partial charge in [0.1, 0.15) is 0 Å². The number of nitro groups is 1. The summed E-state index contributed by atoms with van der Waals surface area (Å²) in [5.41, 5.74) is 0.256. The summed E-state index contributed by atoms with van der Waals surface area (Å²) in [6, 6.07) is 10.0. The van der Waals surface area contributed by atoms with Crippen LogP contribution in [-0.4, -0.2) is 42.9 Å². The van der Waals surface area contributed by atoms with E-state index in [0.717, 1.165) is 4.90 Å². The fourth-order valence-corrected chi connectivity index (χ4v) is 3.43. The van der Waals surface area contributed by atoms with Crippen molar-refractivity contribution in [2.75, 3.05) is 27.2 Å².